The molecule has 0 saturated carbocycles. The number of ether oxygens (including phenoxy) is 3. The van der Waals surface area contributed by atoms with Gasteiger partial charge in [0.2, 0.25) is 0 Å². The first-order valence-electron chi connectivity index (χ1n) is 11.6. The number of methoxy groups -OCH3 is 1. The third kappa shape index (κ3) is 4.92. The minimum Gasteiger partial charge on any atom is -0.507 e. The number of nitrogens with zero attached hydrogens (tertiary/aromatic N) is 2. The number of aliphatic hydroxyl groups is 1. The molecule has 1 atom stereocenters. The molecule has 0 bridgehead atoms. The number of carbonyl (C=O) groups excluding carboxylic acids is 3. The van der Waals surface area contributed by atoms with Crippen LogP contribution in [0.3, 0.4) is 0 Å². The van der Waals surface area contributed by atoms with Crippen molar-refractivity contribution < 1.29 is 33.7 Å². The second-order valence-corrected chi connectivity index (χ2v) is 9.01. The van der Waals surface area contributed by atoms with Gasteiger partial charge in [-0.2, -0.15) is 0 Å². The summed E-state index contributed by atoms with van der Waals surface area (Å²) in [5.41, 5.74) is 1.14. The lowest BCUT2D eigenvalue weighted by Gasteiger charge is -2.23. The van der Waals surface area contributed by atoms with Crippen LogP contribution in [0.5, 0.6) is 11.5 Å². The van der Waals surface area contributed by atoms with Crippen molar-refractivity contribution in [2.24, 2.45) is 0 Å². The molecule has 1 fully saturated rings. The molecule has 2 heterocycles. The second-order valence-electron chi connectivity index (χ2n) is 8.03. The van der Waals surface area contributed by atoms with Crippen molar-refractivity contribution in [2.45, 2.75) is 26.8 Å². The number of hydrogen-bond acceptors (Lipinski definition) is 9. The van der Waals surface area contributed by atoms with Gasteiger partial charge in [-0.05, 0) is 50.6 Å². The van der Waals surface area contributed by atoms with Crippen molar-refractivity contribution >= 4 is 39.9 Å². The maximum Gasteiger partial charge on any atom is 0.350 e. The Labute approximate surface area is 217 Å². The molecule has 10 heteroatoms. The summed E-state index contributed by atoms with van der Waals surface area (Å²) < 4.78 is 15.9. The minimum atomic E-state index is -0.998. The first-order valence-corrected chi connectivity index (χ1v) is 12.4. The maximum absolute atomic E-state index is 13.4. The number of thiazole rings is 1. The number of amides is 1. The van der Waals surface area contributed by atoms with Crippen LogP contribution in [0.15, 0.2) is 54.1 Å². The van der Waals surface area contributed by atoms with E-state index in [0.717, 1.165) is 11.3 Å². The number of aromatic nitrogens is 1. The van der Waals surface area contributed by atoms with Crippen molar-refractivity contribution in [1.29, 1.82) is 0 Å². The van der Waals surface area contributed by atoms with Crippen LogP contribution in [0.25, 0.3) is 5.76 Å². The third-order valence-corrected chi connectivity index (χ3v) is 6.87. The molecule has 1 aliphatic heterocycles. The average molecular weight is 523 g/mol. The summed E-state index contributed by atoms with van der Waals surface area (Å²) in [6.07, 6.45) is 0. The van der Waals surface area contributed by atoms with Gasteiger partial charge >= 0.3 is 11.9 Å². The minimum absolute atomic E-state index is 0.102. The summed E-state index contributed by atoms with van der Waals surface area (Å²) in [4.78, 5) is 44.8. The van der Waals surface area contributed by atoms with Crippen LogP contribution in [-0.2, 0) is 14.3 Å². The normalized spacial score (nSPS) is 16.6. The maximum atomic E-state index is 13.4. The quantitative estimate of drug-likeness (QED) is 0.197. The van der Waals surface area contributed by atoms with E-state index in [0.29, 0.717) is 41.5 Å². The number of Topliss-reactive ketones (excluding diaryl/α,β-unsaturated/α-hetero) is 1. The fourth-order valence-corrected chi connectivity index (χ4v) is 5.09. The van der Waals surface area contributed by atoms with Crippen LogP contribution in [0.2, 0.25) is 0 Å². The van der Waals surface area contributed by atoms with E-state index in [4.69, 9.17) is 14.2 Å². The number of anilines is 1. The molecule has 0 spiro atoms. The third-order valence-electron chi connectivity index (χ3n) is 5.73. The Balaban J connectivity index is 1.90. The number of ketones is 1. The summed E-state index contributed by atoms with van der Waals surface area (Å²) in [5.74, 6) is -1.55. The fraction of sp³-hybridized carbons (Fsp3) is 0.259. The van der Waals surface area contributed by atoms with Gasteiger partial charge in [0.05, 0.1) is 37.6 Å². The standard InChI is InChI=1S/C27H26N2O7S/c1-5-35-18-12-10-16(11-13-18)21-20(22(30)17-8-7-9-19(14-17)36-6-2)23(31)25(32)29(21)27-28-15(3)24(37-27)26(33)34-4/h7-14,21,30H,5-6H2,1-4H3/b22-20+. The van der Waals surface area contributed by atoms with Gasteiger partial charge in [0.15, 0.2) is 5.13 Å². The largest absolute Gasteiger partial charge is 0.507 e. The van der Waals surface area contributed by atoms with E-state index in [2.05, 4.69) is 4.98 Å². The highest BCUT2D eigenvalue weighted by Gasteiger charge is 2.48. The van der Waals surface area contributed by atoms with Crippen LogP contribution >= 0.6 is 11.3 Å². The van der Waals surface area contributed by atoms with Gasteiger partial charge in [-0.15, -0.1) is 0 Å². The molecule has 0 aliphatic carbocycles. The number of carbonyl (C=O) groups is 3. The zero-order chi connectivity index (χ0) is 26.7. The Bertz CT molecular complexity index is 1380. The Kier molecular flexibility index (Phi) is 7.58. The average Bonchev–Trinajstić information content (AvgIpc) is 3.40. The van der Waals surface area contributed by atoms with Gasteiger partial charge in [-0.3, -0.25) is 14.5 Å². The topological polar surface area (TPSA) is 115 Å². The Morgan fingerprint density at radius 1 is 1.05 bits per heavy atom. The van der Waals surface area contributed by atoms with E-state index in [1.165, 1.54) is 12.0 Å². The summed E-state index contributed by atoms with van der Waals surface area (Å²) in [6, 6.07) is 12.5. The molecule has 1 unspecified atom stereocenters. The number of esters is 1. The summed E-state index contributed by atoms with van der Waals surface area (Å²) in [7, 11) is 1.25. The zero-order valence-corrected chi connectivity index (χ0v) is 21.6. The number of rotatable bonds is 8. The van der Waals surface area contributed by atoms with Crippen LogP contribution < -0.4 is 14.4 Å². The zero-order valence-electron chi connectivity index (χ0n) is 20.8. The van der Waals surface area contributed by atoms with Gasteiger partial charge in [0.25, 0.3) is 5.78 Å². The molecule has 1 amide bonds. The predicted octanol–water partition coefficient (Wildman–Crippen LogP) is 4.66. The Morgan fingerprint density at radius 3 is 2.38 bits per heavy atom. The highest BCUT2D eigenvalue weighted by molar-refractivity contribution is 7.17. The van der Waals surface area contributed by atoms with Crippen molar-refractivity contribution in [3.63, 3.8) is 0 Å². The van der Waals surface area contributed by atoms with E-state index in [1.54, 1.807) is 55.5 Å². The lowest BCUT2D eigenvalue weighted by molar-refractivity contribution is -0.132. The van der Waals surface area contributed by atoms with Gasteiger partial charge in [0, 0.05) is 5.56 Å². The molecule has 3 aromatic rings. The molecule has 37 heavy (non-hydrogen) atoms. The van der Waals surface area contributed by atoms with Gasteiger partial charge in [-0.25, -0.2) is 9.78 Å². The van der Waals surface area contributed by atoms with Gasteiger partial charge < -0.3 is 19.3 Å². The van der Waals surface area contributed by atoms with Crippen LogP contribution in [-0.4, -0.2) is 48.1 Å². The number of aryl methyl sites for hydroxylation is 1. The highest BCUT2D eigenvalue weighted by atomic mass is 32.1. The molecular weight excluding hydrogens is 496 g/mol. The number of aliphatic hydroxyl groups excluding tert-OH is 1. The van der Waals surface area contributed by atoms with Crippen LogP contribution in [0.1, 0.15) is 46.4 Å². The number of hydrogen-bond donors (Lipinski definition) is 1. The van der Waals surface area contributed by atoms with Crippen molar-refractivity contribution in [3.05, 3.63) is 75.8 Å². The summed E-state index contributed by atoms with van der Waals surface area (Å²) >= 11 is 0.942. The van der Waals surface area contributed by atoms with E-state index in [-0.39, 0.29) is 21.3 Å². The van der Waals surface area contributed by atoms with Gasteiger partial charge in [0.1, 0.15) is 22.1 Å². The molecule has 4 rings (SSSR count). The lowest BCUT2D eigenvalue weighted by atomic mass is 9.95. The molecule has 0 radical (unpaired) electrons. The van der Waals surface area contributed by atoms with Crippen LogP contribution in [0, 0.1) is 6.92 Å². The van der Waals surface area contributed by atoms with Crippen molar-refractivity contribution in [1.82, 2.24) is 4.98 Å². The Hall–Kier alpha value is -4.18. The highest BCUT2D eigenvalue weighted by Crippen LogP contribution is 2.44. The molecular formula is C27H26N2O7S. The molecule has 1 saturated heterocycles. The summed E-state index contributed by atoms with van der Waals surface area (Å²) in [6.45, 7) is 6.22. The molecule has 1 N–H and O–H groups in total. The van der Waals surface area contributed by atoms with E-state index in [9.17, 15) is 19.5 Å². The first kappa shape index (κ1) is 25.9. The molecule has 2 aromatic carbocycles. The molecule has 1 aliphatic rings. The van der Waals surface area contributed by atoms with E-state index < -0.39 is 23.7 Å². The second kappa shape index (κ2) is 10.8. The van der Waals surface area contributed by atoms with E-state index in [1.807, 2.05) is 13.8 Å². The molecule has 192 valence electrons. The Morgan fingerprint density at radius 2 is 1.73 bits per heavy atom. The van der Waals surface area contributed by atoms with Gasteiger partial charge in [-0.1, -0.05) is 35.6 Å². The molecule has 9 nitrogen and oxygen atoms in total. The predicted molar refractivity (Wildman–Crippen MR) is 138 cm³/mol. The monoisotopic (exact) mass is 522 g/mol. The fourth-order valence-electron chi connectivity index (χ4n) is 4.08. The van der Waals surface area contributed by atoms with Crippen molar-refractivity contribution in [3.8, 4) is 11.5 Å². The van der Waals surface area contributed by atoms with Crippen LogP contribution in [0.4, 0.5) is 5.13 Å². The van der Waals surface area contributed by atoms with Crippen molar-refractivity contribution in [2.75, 3.05) is 25.2 Å². The number of benzene rings is 2. The lowest BCUT2D eigenvalue weighted by Crippen LogP contribution is -2.29. The summed E-state index contributed by atoms with van der Waals surface area (Å²) in [5, 5.41) is 11.5. The SMILES string of the molecule is CCOc1ccc(C2/C(=C(\O)c3cccc(OCC)c3)C(=O)C(=O)N2c2nc(C)c(C(=O)OC)s2)cc1. The van der Waals surface area contributed by atoms with E-state index >= 15 is 0 Å². The first-order chi connectivity index (χ1) is 17.8. The smallest absolute Gasteiger partial charge is 0.350 e. The molecule has 1 aromatic heterocycles.